The van der Waals surface area contributed by atoms with E-state index in [1.54, 1.807) is 43.3 Å². The van der Waals surface area contributed by atoms with Crippen molar-refractivity contribution in [2.45, 2.75) is 31.6 Å². The van der Waals surface area contributed by atoms with E-state index in [1.165, 1.54) is 17.3 Å². The molecule has 182 valence electrons. The molecule has 0 bridgehead atoms. The lowest BCUT2D eigenvalue weighted by molar-refractivity contribution is -0.118. The topological polar surface area (TPSA) is 105 Å². The molecule has 4 rings (SSSR count). The lowest BCUT2D eigenvalue weighted by Crippen LogP contribution is -2.35. The number of nitrogens with zero attached hydrogens (tertiary/aromatic N) is 1. The smallest absolute Gasteiger partial charge is 0.264 e. The van der Waals surface area contributed by atoms with Gasteiger partial charge in [0.1, 0.15) is 5.75 Å². The maximum atomic E-state index is 13.4. The highest BCUT2D eigenvalue weighted by atomic mass is 32.2. The number of amides is 2. The fraction of sp³-hybridized carbons (Fsp3) is 0.231. The van der Waals surface area contributed by atoms with Gasteiger partial charge in [-0.1, -0.05) is 24.3 Å². The maximum absolute atomic E-state index is 13.4. The number of nitrogens with one attached hydrogen (secondary N) is 2. The quantitative estimate of drug-likeness (QED) is 0.515. The fourth-order valence-corrected chi connectivity index (χ4v) is 5.67. The Balaban J connectivity index is 1.43. The average molecular weight is 494 g/mol. The van der Waals surface area contributed by atoms with Crippen molar-refractivity contribution in [2.24, 2.45) is 0 Å². The molecule has 2 N–H and O–H groups in total. The molecule has 8 nitrogen and oxygen atoms in total. The molecule has 0 atom stereocenters. The number of hydrogen-bond donors (Lipinski definition) is 2. The Kier molecular flexibility index (Phi) is 7.07. The molecular formula is C26H27N3O5S. The largest absolute Gasteiger partial charge is 0.483 e. The zero-order chi connectivity index (χ0) is 25.0. The van der Waals surface area contributed by atoms with E-state index >= 15 is 0 Å². The molecule has 1 aliphatic rings. The minimum absolute atomic E-state index is 0.179. The number of aryl methyl sites for hydroxylation is 2. The second-order valence-electron chi connectivity index (χ2n) is 8.34. The number of carbonyl (C=O) groups excluding carboxylic acids is 2. The SMILES string of the molecule is CC(=O)Nc1cccc(NC(=O)COc2ccc(S(=O)(=O)N3CCCc4ccccc43)cc2C)c1. The molecule has 2 amide bonds. The first-order valence-electron chi connectivity index (χ1n) is 11.3. The van der Waals surface area contributed by atoms with Crippen LogP contribution in [0.2, 0.25) is 0 Å². The minimum atomic E-state index is -3.73. The van der Waals surface area contributed by atoms with Gasteiger partial charge in [0.2, 0.25) is 5.91 Å². The standard InChI is InChI=1S/C26H27N3O5S/c1-18-15-23(35(32,33)29-14-6-8-20-7-3-4-11-24(20)29)12-13-25(18)34-17-26(31)28-22-10-5-9-21(16-22)27-19(2)30/h3-5,7,9-13,15-16H,6,8,14,17H2,1-2H3,(H,27,30)(H,28,31). The van der Waals surface area contributed by atoms with Gasteiger partial charge in [0.05, 0.1) is 10.6 Å². The van der Waals surface area contributed by atoms with Crippen LogP contribution in [0.4, 0.5) is 17.1 Å². The summed E-state index contributed by atoms with van der Waals surface area (Å²) in [5.41, 5.74) is 3.44. The number of benzene rings is 3. The highest BCUT2D eigenvalue weighted by molar-refractivity contribution is 7.92. The molecule has 1 aliphatic heterocycles. The van der Waals surface area contributed by atoms with Crippen LogP contribution in [0.5, 0.6) is 5.75 Å². The molecule has 3 aromatic rings. The summed E-state index contributed by atoms with van der Waals surface area (Å²) in [5.74, 6) is -0.168. The molecule has 3 aromatic carbocycles. The molecule has 0 aliphatic carbocycles. The van der Waals surface area contributed by atoms with Gasteiger partial charge >= 0.3 is 0 Å². The summed E-state index contributed by atoms with van der Waals surface area (Å²) in [7, 11) is -3.73. The normalized spacial score (nSPS) is 13.0. The van der Waals surface area contributed by atoms with Crippen molar-refractivity contribution in [1.82, 2.24) is 0 Å². The number of fused-ring (bicyclic) bond motifs is 1. The van der Waals surface area contributed by atoms with Crippen molar-refractivity contribution < 1.29 is 22.7 Å². The number of anilines is 3. The Morgan fingerprint density at radius 1 is 0.971 bits per heavy atom. The van der Waals surface area contributed by atoms with Gasteiger partial charge in [0, 0.05) is 24.8 Å². The summed E-state index contributed by atoms with van der Waals surface area (Å²) in [6.45, 7) is 3.33. The summed E-state index contributed by atoms with van der Waals surface area (Å²) in [6.07, 6.45) is 1.62. The van der Waals surface area contributed by atoms with E-state index in [1.807, 2.05) is 24.3 Å². The van der Waals surface area contributed by atoms with Crippen LogP contribution in [0.15, 0.2) is 71.6 Å². The lowest BCUT2D eigenvalue weighted by atomic mass is 10.0. The van der Waals surface area contributed by atoms with E-state index in [0.717, 1.165) is 24.1 Å². The van der Waals surface area contributed by atoms with Gasteiger partial charge in [-0.15, -0.1) is 0 Å². The molecule has 0 aromatic heterocycles. The lowest BCUT2D eigenvalue weighted by Gasteiger charge is -2.30. The van der Waals surface area contributed by atoms with Crippen LogP contribution in [-0.2, 0) is 26.0 Å². The first kappa shape index (κ1) is 24.3. The number of rotatable bonds is 7. The molecule has 0 spiro atoms. The van der Waals surface area contributed by atoms with E-state index in [9.17, 15) is 18.0 Å². The van der Waals surface area contributed by atoms with Crippen molar-refractivity contribution in [3.05, 3.63) is 77.9 Å². The molecule has 0 saturated heterocycles. The Morgan fingerprint density at radius 2 is 1.71 bits per heavy atom. The average Bonchev–Trinajstić information content (AvgIpc) is 2.82. The van der Waals surface area contributed by atoms with E-state index in [0.29, 0.717) is 29.2 Å². The zero-order valence-corrected chi connectivity index (χ0v) is 20.4. The molecule has 0 fully saturated rings. The third-order valence-electron chi connectivity index (χ3n) is 5.63. The Labute approximate surface area is 205 Å². The van der Waals surface area contributed by atoms with Crippen molar-refractivity contribution in [1.29, 1.82) is 0 Å². The van der Waals surface area contributed by atoms with Gasteiger partial charge in [0.25, 0.3) is 15.9 Å². The predicted molar refractivity (Wildman–Crippen MR) is 135 cm³/mol. The summed E-state index contributed by atoms with van der Waals surface area (Å²) < 4.78 is 33.9. The second kappa shape index (κ2) is 10.2. The van der Waals surface area contributed by atoms with E-state index in [-0.39, 0.29) is 23.3 Å². The molecule has 1 heterocycles. The fourth-order valence-electron chi connectivity index (χ4n) is 4.04. The van der Waals surface area contributed by atoms with E-state index in [4.69, 9.17) is 4.74 Å². The van der Waals surface area contributed by atoms with Crippen molar-refractivity contribution in [3.63, 3.8) is 0 Å². The summed E-state index contributed by atoms with van der Waals surface area (Å²) >= 11 is 0. The number of para-hydroxylation sites is 1. The van der Waals surface area contributed by atoms with Crippen molar-refractivity contribution in [2.75, 3.05) is 28.1 Å². The Morgan fingerprint density at radius 3 is 2.46 bits per heavy atom. The number of carbonyl (C=O) groups is 2. The number of hydrogen-bond acceptors (Lipinski definition) is 5. The number of ether oxygens (including phenoxy) is 1. The van der Waals surface area contributed by atoms with Crippen molar-refractivity contribution in [3.8, 4) is 5.75 Å². The first-order valence-corrected chi connectivity index (χ1v) is 12.7. The van der Waals surface area contributed by atoms with Gasteiger partial charge in [0.15, 0.2) is 6.61 Å². The Bertz CT molecular complexity index is 1370. The molecule has 0 radical (unpaired) electrons. The van der Waals surface area contributed by atoms with E-state index in [2.05, 4.69) is 10.6 Å². The highest BCUT2D eigenvalue weighted by Gasteiger charge is 2.29. The van der Waals surface area contributed by atoms with Crippen LogP contribution in [0.25, 0.3) is 0 Å². The van der Waals surface area contributed by atoms with Gasteiger partial charge in [-0.2, -0.15) is 0 Å². The predicted octanol–water partition coefficient (Wildman–Crippen LogP) is 4.11. The van der Waals surface area contributed by atoms with E-state index < -0.39 is 10.0 Å². The summed E-state index contributed by atoms with van der Waals surface area (Å²) in [4.78, 5) is 23.7. The third-order valence-corrected chi connectivity index (χ3v) is 7.44. The van der Waals surface area contributed by atoms with Gasteiger partial charge in [-0.05, 0) is 73.4 Å². The summed E-state index contributed by atoms with van der Waals surface area (Å²) in [5, 5.41) is 5.37. The second-order valence-corrected chi connectivity index (χ2v) is 10.2. The van der Waals surface area contributed by atoms with Crippen LogP contribution < -0.4 is 19.7 Å². The molecule has 0 saturated carbocycles. The molecule has 9 heteroatoms. The van der Waals surface area contributed by atoms with Crippen LogP contribution in [0.3, 0.4) is 0 Å². The van der Waals surface area contributed by atoms with Crippen LogP contribution in [0, 0.1) is 6.92 Å². The zero-order valence-electron chi connectivity index (χ0n) is 19.6. The number of sulfonamides is 1. The highest BCUT2D eigenvalue weighted by Crippen LogP contribution is 2.33. The maximum Gasteiger partial charge on any atom is 0.264 e. The van der Waals surface area contributed by atoms with Gasteiger partial charge < -0.3 is 15.4 Å². The minimum Gasteiger partial charge on any atom is -0.483 e. The van der Waals surface area contributed by atoms with Crippen LogP contribution in [0.1, 0.15) is 24.5 Å². The third kappa shape index (κ3) is 5.63. The van der Waals surface area contributed by atoms with Crippen LogP contribution in [-0.4, -0.2) is 33.4 Å². The monoisotopic (exact) mass is 493 g/mol. The molecule has 35 heavy (non-hydrogen) atoms. The van der Waals surface area contributed by atoms with Crippen LogP contribution >= 0.6 is 0 Å². The summed E-state index contributed by atoms with van der Waals surface area (Å²) in [6, 6.07) is 19.0. The van der Waals surface area contributed by atoms with Crippen molar-refractivity contribution >= 4 is 38.9 Å². The molecular weight excluding hydrogens is 466 g/mol. The van der Waals surface area contributed by atoms with Gasteiger partial charge in [-0.3, -0.25) is 13.9 Å². The first-order chi connectivity index (χ1) is 16.7. The Hall–Kier alpha value is -3.85. The molecule has 0 unspecified atom stereocenters. The van der Waals surface area contributed by atoms with Gasteiger partial charge in [-0.25, -0.2) is 8.42 Å².